The lowest BCUT2D eigenvalue weighted by molar-refractivity contribution is 0.0702. The summed E-state index contributed by atoms with van der Waals surface area (Å²) < 4.78 is 49.0. The summed E-state index contributed by atoms with van der Waals surface area (Å²) in [6.45, 7) is 0. The molecule has 10 heteroatoms. The van der Waals surface area contributed by atoms with Gasteiger partial charge in [-0.1, -0.05) is 0 Å². The van der Waals surface area contributed by atoms with Crippen LogP contribution in [0.1, 0.15) is 22.5 Å². The minimum absolute atomic E-state index is 0.0367. The first-order chi connectivity index (χ1) is 9.20. The number of carboxylic acid groups (broad SMARTS) is 1. The molecular formula is C10H13NO6S3. The molecule has 0 unspecified atom stereocenters. The molecule has 0 amide bonds. The van der Waals surface area contributed by atoms with Gasteiger partial charge in [0.25, 0.3) is 0 Å². The Hall–Kier alpha value is -0.970. The summed E-state index contributed by atoms with van der Waals surface area (Å²) in [6, 6.07) is 2.03. The van der Waals surface area contributed by atoms with Crippen molar-refractivity contribution in [3.05, 3.63) is 17.0 Å². The van der Waals surface area contributed by atoms with E-state index in [0.717, 1.165) is 0 Å². The molecule has 1 aliphatic heterocycles. The molecule has 1 aliphatic rings. The first kappa shape index (κ1) is 15.4. The van der Waals surface area contributed by atoms with Crippen LogP contribution in [0, 0.1) is 0 Å². The van der Waals surface area contributed by atoms with Crippen LogP contribution < -0.4 is 4.72 Å². The average Bonchev–Trinajstić information content (AvgIpc) is 2.82. The Balaban J connectivity index is 2.09. The van der Waals surface area contributed by atoms with E-state index in [0.29, 0.717) is 11.3 Å². The number of rotatable bonds is 4. The number of hydrogen-bond donors (Lipinski definition) is 2. The van der Waals surface area contributed by atoms with Crippen LogP contribution in [0.3, 0.4) is 0 Å². The highest BCUT2D eigenvalue weighted by atomic mass is 32.2. The van der Waals surface area contributed by atoms with Crippen LogP contribution in [0.15, 0.2) is 16.3 Å². The van der Waals surface area contributed by atoms with Crippen molar-refractivity contribution < 1.29 is 26.7 Å². The summed E-state index contributed by atoms with van der Waals surface area (Å²) in [7, 11) is -6.85. The standard InChI is InChI=1S/C10H13NO6S3/c12-10(13)8-1-2-9(18-8)20(16,17)11-7-3-5-19(14,15)6-4-7/h1-2,7,11H,3-6H2,(H,12,13). The zero-order chi connectivity index (χ0) is 15.0. The van der Waals surface area contributed by atoms with Crippen LogP contribution in [-0.2, 0) is 19.9 Å². The topological polar surface area (TPSA) is 118 Å². The Labute approximate surface area is 120 Å². The van der Waals surface area contributed by atoms with E-state index in [1.807, 2.05) is 0 Å². The van der Waals surface area contributed by atoms with Gasteiger partial charge in [0.05, 0.1) is 11.5 Å². The van der Waals surface area contributed by atoms with Gasteiger partial charge in [0, 0.05) is 6.04 Å². The van der Waals surface area contributed by atoms with E-state index in [1.165, 1.54) is 12.1 Å². The lowest BCUT2D eigenvalue weighted by Gasteiger charge is -2.22. The Morgan fingerprint density at radius 1 is 1.30 bits per heavy atom. The predicted octanol–water partition coefficient (Wildman–Crippen LogP) is 0.302. The van der Waals surface area contributed by atoms with Gasteiger partial charge in [0.15, 0.2) is 0 Å². The molecule has 0 bridgehead atoms. The molecule has 0 spiro atoms. The van der Waals surface area contributed by atoms with Crippen LogP contribution in [0.4, 0.5) is 0 Å². The van der Waals surface area contributed by atoms with Gasteiger partial charge in [0.1, 0.15) is 18.9 Å². The number of sulfone groups is 1. The minimum atomic E-state index is -3.80. The van der Waals surface area contributed by atoms with Crippen LogP contribution >= 0.6 is 11.3 Å². The molecule has 0 atom stereocenters. The number of thiophene rings is 1. The van der Waals surface area contributed by atoms with Crippen LogP contribution in [-0.4, -0.2) is 45.5 Å². The van der Waals surface area contributed by atoms with E-state index in [1.54, 1.807) is 0 Å². The second-order valence-electron chi connectivity index (χ2n) is 4.47. The van der Waals surface area contributed by atoms with Crippen molar-refractivity contribution in [2.75, 3.05) is 11.5 Å². The molecule has 2 heterocycles. The first-order valence-corrected chi connectivity index (χ1v) is 9.88. The van der Waals surface area contributed by atoms with E-state index in [4.69, 9.17) is 5.11 Å². The van der Waals surface area contributed by atoms with Crippen molar-refractivity contribution in [2.45, 2.75) is 23.1 Å². The van der Waals surface area contributed by atoms with Crippen LogP contribution in [0.5, 0.6) is 0 Å². The molecule has 0 aliphatic carbocycles. The third kappa shape index (κ3) is 3.57. The van der Waals surface area contributed by atoms with Crippen molar-refractivity contribution in [3.8, 4) is 0 Å². The normalized spacial score (nSPS) is 19.8. The second-order valence-corrected chi connectivity index (χ2v) is 9.80. The van der Waals surface area contributed by atoms with Gasteiger partial charge >= 0.3 is 5.97 Å². The SMILES string of the molecule is O=C(O)c1ccc(S(=O)(=O)NC2CCS(=O)(=O)CC2)s1. The maximum Gasteiger partial charge on any atom is 0.345 e. The summed E-state index contributed by atoms with van der Waals surface area (Å²) >= 11 is 0.668. The molecule has 2 rings (SSSR count). The Bertz CT molecular complexity index is 704. The molecule has 0 radical (unpaired) electrons. The number of sulfonamides is 1. The third-order valence-corrected chi connectivity index (χ3v) is 7.73. The molecule has 1 aromatic rings. The lowest BCUT2D eigenvalue weighted by atomic mass is 10.2. The molecule has 1 aromatic heterocycles. The fourth-order valence-corrected chi connectivity index (χ4v) is 5.82. The molecule has 20 heavy (non-hydrogen) atoms. The summed E-state index contributed by atoms with van der Waals surface area (Å²) in [5.41, 5.74) is 0. The molecule has 1 fully saturated rings. The Morgan fingerprint density at radius 3 is 2.40 bits per heavy atom. The monoisotopic (exact) mass is 339 g/mol. The molecule has 2 N–H and O–H groups in total. The van der Waals surface area contributed by atoms with E-state index in [9.17, 15) is 21.6 Å². The second kappa shape index (κ2) is 5.43. The lowest BCUT2D eigenvalue weighted by Crippen LogP contribution is -2.40. The summed E-state index contributed by atoms with van der Waals surface area (Å²) in [6.07, 6.45) is 0.470. The van der Waals surface area contributed by atoms with E-state index in [2.05, 4.69) is 4.72 Å². The van der Waals surface area contributed by atoms with Gasteiger partial charge in [0.2, 0.25) is 10.0 Å². The first-order valence-electron chi connectivity index (χ1n) is 5.75. The zero-order valence-electron chi connectivity index (χ0n) is 10.3. The van der Waals surface area contributed by atoms with Crippen molar-refractivity contribution in [3.63, 3.8) is 0 Å². The van der Waals surface area contributed by atoms with Gasteiger partial charge in [-0.05, 0) is 25.0 Å². The Kier molecular flexibility index (Phi) is 4.19. The zero-order valence-corrected chi connectivity index (χ0v) is 12.7. The maximum absolute atomic E-state index is 12.1. The van der Waals surface area contributed by atoms with Gasteiger partial charge in [-0.25, -0.2) is 26.4 Å². The number of hydrogen-bond acceptors (Lipinski definition) is 6. The maximum atomic E-state index is 12.1. The predicted molar refractivity (Wildman–Crippen MR) is 73.3 cm³/mol. The summed E-state index contributed by atoms with van der Waals surface area (Å²) in [4.78, 5) is 10.7. The molecule has 0 saturated carbocycles. The highest BCUT2D eigenvalue weighted by Crippen LogP contribution is 2.23. The summed E-state index contributed by atoms with van der Waals surface area (Å²) in [5.74, 6) is -1.25. The van der Waals surface area contributed by atoms with Crippen molar-refractivity contribution in [1.82, 2.24) is 4.72 Å². The number of carbonyl (C=O) groups is 1. The largest absolute Gasteiger partial charge is 0.477 e. The number of aromatic carboxylic acids is 1. The van der Waals surface area contributed by atoms with Crippen molar-refractivity contribution in [2.24, 2.45) is 0 Å². The Morgan fingerprint density at radius 2 is 1.90 bits per heavy atom. The highest BCUT2D eigenvalue weighted by Gasteiger charge is 2.28. The fraction of sp³-hybridized carbons (Fsp3) is 0.500. The fourth-order valence-electron chi connectivity index (χ4n) is 1.86. The van der Waals surface area contributed by atoms with Crippen molar-refractivity contribution in [1.29, 1.82) is 0 Å². The van der Waals surface area contributed by atoms with E-state index in [-0.39, 0.29) is 33.4 Å². The molecule has 0 aromatic carbocycles. The minimum Gasteiger partial charge on any atom is -0.477 e. The number of nitrogens with one attached hydrogen (secondary N) is 1. The molecule has 7 nitrogen and oxygen atoms in total. The quantitative estimate of drug-likeness (QED) is 0.815. The van der Waals surface area contributed by atoms with Crippen LogP contribution in [0.25, 0.3) is 0 Å². The molecule has 1 saturated heterocycles. The van der Waals surface area contributed by atoms with Gasteiger partial charge in [-0.2, -0.15) is 0 Å². The van der Waals surface area contributed by atoms with Crippen molar-refractivity contribution >= 4 is 37.2 Å². The number of carboxylic acids is 1. The van der Waals surface area contributed by atoms with Gasteiger partial charge < -0.3 is 5.11 Å². The van der Waals surface area contributed by atoms with Gasteiger partial charge in [-0.3, -0.25) is 0 Å². The highest BCUT2D eigenvalue weighted by molar-refractivity contribution is 7.92. The average molecular weight is 339 g/mol. The molecule has 112 valence electrons. The molecular weight excluding hydrogens is 326 g/mol. The third-order valence-electron chi connectivity index (χ3n) is 2.93. The van der Waals surface area contributed by atoms with Crippen LogP contribution in [0.2, 0.25) is 0 Å². The van der Waals surface area contributed by atoms with Gasteiger partial charge in [-0.15, -0.1) is 11.3 Å². The van der Waals surface area contributed by atoms with E-state index < -0.39 is 31.9 Å². The van der Waals surface area contributed by atoms with E-state index >= 15 is 0 Å². The summed E-state index contributed by atoms with van der Waals surface area (Å²) in [5, 5.41) is 8.77. The smallest absolute Gasteiger partial charge is 0.345 e.